The first kappa shape index (κ1) is 15.0. The van der Waals surface area contributed by atoms with E-state index in [1.54, 1.807) is 0 Å². The van der Waals surface area contributed by atoms with Gasteiger partial charge in [0.1, 0.15) is 0 Å². The van der Waals surface area contributed by atoms with Crippen LogP contribution in [0.3, 0.4) is 0 Å². The lowest BCUT2D eigenvalue weighted by atomic mass is 9.68. The van der Waals surface area contributed by atoms with E-state index in [0.717, 1.165) is 19.4 Å². The van der Waals surface area contributed by atoms with Gasteiger partial charge in [-0.05, 0) is 37.5 Å². The van der Waals surface area contributed by atoms with E-state index in [1.165, 1.54) is 32.1 Å². The maximum absolute atomic E-state index is 12.1. The highest BCUT2D eigenvalue weighted by molar-refractivity contribution is 5.77. The second-order valence-corrected chi connectivity index (χ2v) is 5.80. The number of nitrogens with two attached hydrogens (primary N) is 1. The summed E-state index contributed by atoms with van der Waals surface area (Å²) in [5.74, 6) is 0.418. The Hall–Kier alpha value is -1.06. The SMILES string of the molecule is CCCN(C(=O)CC1(C)CCC1)C1CC1.NC=O. The Morgan fingerprint density at radius 3 is 2.33 bits per heavy atom. The summed E-state index contributed by atoms with van der Waals surface area (Å²) in [4.78, 5) is 22.9. The summed E-state index contributed by atoms with van der Waals surface area (Å²) in [6, 6.07) is 0.598. The highest BCUT2D eigenvalue weighted by atomic mass is 16.2. The molecule has 0 aliphatic heterocycles. The Kier molecular flexibility index (Phi) is 5.63. The molecular formula is C14H26N2O2. The molecule has 18 heavy (non-hydrogen) atoms. The topological polar surface area (TPSA) is 63.4 Å². The van der Waals surface area contributed by atoms with Gasteiger partial charge in [-0.3, -0.25) is 9.59 Å². The van der Waals surface area contributed by atoms with Gasteiger partial charge in [0.2, 0.25) is 12.3 Å². The molecule has 0 radical (unpaired) electrons. The zero-order valence-corrected chi connectivity index (χ0v) is 11.7. The van der Waals surface area contributed by atoms with Gasteiger partial charge in [0.25, 0.3) is 0 Å². The maximum Gasteiger partial charge on any atom is 0.223 e. The lowest BCUT2D eigenvalue weighted by molar-refractivity contribution is -0.135. The van der Waals surface area contributed by atoms with E-state index in [-0.39, 0.29) is 6.41 Å². The molecule has 4 heteroatoms. The van der Waals surface area contributed by atoms with Gasteiger partial charge in [0, 0.05) is 19.0 Å². The van der Waals surface area contributed by atoms with E-state index >= 15 is 0 Å². The molecule has 0 aromatic rings. The van der Waals surface area contributed by atoms with Gasteiger partial charge in [0.15, 0.2) is 0 Å². The summed E-state index contributed by atoms with van der Waals surface area (Å²) in [5.41, 5.74) is 4.51. The van der Waals surface area contributed by atoms with Crippen molar-refractivity contribution in [2.45, 2.75) is 64.8 Å². The Bertz CT molecular complexity index is 284. The van der Waals surface area contributed by atoms with Gasteiger partial charge >= 0.3 is 0 Å². The number of carbonyl (C=O) groups excluding carboxylic acids is 2. The van der Waals surface area contributed by atoms with Gasteiger partial charge in [-0.2, -0.15) is 0 Å². The van der Waals surface area contributed by atoms with E-state index in [0.29, 0.717) is 17.4 Å². The largest absolute Gasteiger partial charge is 0.372 e. The van der Waals surface area contributed by atoms with Gasteiger partial charge < -0.3 is 10.6 Å². The second-order valence-electron chi connectivity index (χ2n) is 5.80. The number of amides is 2. The second kappa shape index (κ2) is 6.76. The predicted octanol–water partition coefficient (Wildman–Crippen LogP) is 2.07. The minimum absolute atomic E-state index is 0.250. The zero-order chi connectivity index (χ0) is 13.6. The van der Waals surface area contributed by atoms with Crippen LogP contribution in [0, 0.1) is 5.41 Å². The minimum atomic E-state index is 0.250. The summed E-state index contributed by atoms with van der Waals surface area (Å²) in [7, 11) is 0. The van der Waals surface area contributed by atoms with Crippen LogP contribution in [-0.2, 0) is 9.59 Å². The Morgan fingerprint density at radius 2 is 2.00 bits per heavy atom. The monoisotopic (exact) mass is 254 g/mol. The molecule has 4 nitrogen and oxygen atoms in total. The quantitative estimate of drug-likeness (QED) is 0.763. The van der Waals surface area contributed by atoms with Crippen molar-refractivity contribution in [2.24, 2.45) is 11.1 Å². The molecule has 0 aromatic carbocycles. The molecular weight excluding hydrogens is 228 g/mol. The molecule has 0 saturated heterocycles. The number of nitrogens with zero attached hydrogens (tertiary/aromatic N) is 1. The number of hydrogen-bond donors (Lipinski definition) is 1. The summed E-state index contributed by atoms with van der Waals surface area (Å²) in [6.07, 6.45) is 8.45. The van der Waals surface area contributed by atoms with Crippen LogP contribution in [0.4, 0.5) is 0 Å². The Labute approximate surface area is 110 Å². The number of hydrogen-bond acceptors (Lipinski definition) is 2. The first-order valence-corrected chi connectivity index (χ1v) is 7.01. The molecule has 0 spiro atoms. The molecule has 0 atom stereocenters. The lowest BCUT2D eigenvalue weighted by Crippen LogP contribution is -2.39. The third-order valence-corrected chi connectivity index (χ3v) is 3.91. The zero-order valence-electron chi connectivity index (χ0n) is 11.7. The normalized spacial score (nSPS) is 20.1. The molecule has 2 fully saturated rings. The molecule has 0 unspecified atom stereocenters. The molecule has 2 aliphatic rings. The minimum Gasteiger partial charge on any atom is -0.372 e. The molecule has 2 aliphatic carbocycles. The number of carbonyl (C=O) groups is 2. The third kappa shape index (κ3) is 4.31. The van der Waals surface area contributed by atoms with E-state index in [4.69, 9.17) is 4.79 Å². The fourth-order valence-electron chi connectivity index (χ4n) is 2.56. The molecule has 0 bridgehead atoms. The first-order valence-electron chi connectivity index (χ1n) is 7.01. The third-order valence-electron chi connectivity index (χ3n) is 3.91. The average molecular weight is 254 g/mol. The predicted molar refractivity (Wildman–Crippen MR) is 71.9 cm³/mol. The summed E-state index contributed by atoms with van der Waals surface area (Å²) >= 11 is 0. The van der Waals surface area contributed by atoms with Gasteiger partial charge in [-0.1, -0.05) is 20.3 Å². The summed E-state index contributed by atoms with van der Waals surface area (Å²) in [6.45, 7) is 5.40. The fourth-order valence-corrected chi connectivity index (χ4v) is 2.56. The van der Waals surface area contributed by atoms with Crippen molar-refractivity contribution >= 4 is 12.3 Å². The lowest BCUT2D eigenvalue weighted by Gasteiger charge is -2.39. The van der Waals surface area contributed by atoms with Crippen molar-refractivity contribution in [3.63, 3.8) is 0 Å². The Morgan fingerprint density at radius 1 is 1.44 bits per heavy atom. The van der Waals surface area contributed by atoms with Crippen LogP contribution in [0.2, 0.25) is 0 Å². The van der Waals surface area contributed by atoms with Crippen molar-refractivity contribution in [1.29, 1.82) is 0 Å². The molecule has 104 valence electrons. The van der Waals surface area contributed by atoms with Crippen molar-refractivity contribution in [2.75, 3.05) is 6.54 Å². The molecule has 2 saturated carbocycles. The number of primary amides is 1. The van der Waals surface area contributed by atoms with Crippen molar-refractivity contribution in [3.05, 3.63) is 0 Å². The fraction of sp³-hybridized carbons (Fsp3) is 0.857. The highest BCUT2D eigenvalue weighted by Gasteiger charge is 2.38. The Balaban J connectivity index is 0.000000492. The van der Waals surface area contributed by atoms with Crippen molar-refractivity contribution in [3.8, 4) is 0 Å². The molecule has 2 amide bonds. The summed E-state index contributed by atoms with van der Waals surface area (Å²) in [5, 5.41) is 0. The first-order chi connectivity index (χ1) is 8.56. The van der Waals surface area contributed by atoms with Crippen LogP contribution in [0.15, 0.2) is 0 Å². The standard InChI is InChI=1S/C13H23NO.CH3NO/c1-3-9-14(11-5-6-11)12(15)10-13(2)7-4-8-13;2-1-3/h11H,3-10H2,1-2H3;1H,(H2,2,3). The van der Waals surface area contributed by atoms with E-state index in [2.05, 4.69) is 24.5 Å². The molecule has 0 aromatic heterocycles. The molecule has 2 rings (SSSR count). The van der Waals surface area contributed by atoms with E-state index in [1.807, 2.05) is 0 Å². The maximum atomic E-state index is 12.1. The van der Waals surface area contributed by atoms with Crippen LogP contribution < -0.4 is 5.73 Å². The van der Waals surface area contributed by atoms with Crippen molar-refractivity contribution < 1.29 is 9.59 Å². The molecule has 0 heterocycles. The summed E-state index contributed by atoms with van der Waals surface area (Å²) < 4.78 is 0. The van der Waals surface area contributed by atoms with Crippen LogP contribution in [0.1, 0.15) is 58.8 Å². The van der Waals surface area contributed by atoms with E-state index in [9.17, 15) is 4.79 Å². The van der Waals surface area contributed by atoms with Gasteiger partial charge in [-0.25, -0.2) is 0 Å². The van der Waals surface area contributed by atoms with Crippen LogP contribution in [0.25, 0.3) is 0 Å². The smallest absolute Gasteiger partial charge is 0.223 e. The van der Waals surface area contributed by atoms with Crippen LogP contribution in [0.5, 0.6) is 0 Å². The van der Waals surface area contributed by atoms with E-state index < -0.39 is 0 Å². The highest BCUT2D eigenvalue weighted by Crippen LogP contribution is 2.44. The van der Waals surface area contributed by atoms with Crippen LogP contribution >= 0.6 is 0 Å². The van der Waals surface area contributed by atoms with Gasteiger partial charge in [-0.15, -0.1) is 0 Å². The number of rotatable bonds is 5. The van der Waals surface area contributed by atoms with Gasteiger partial charge in [0.05, 0.1) is 0 Å². The molecule has 2 N–H and O–H groups in total. The average Bonchev–Trinajstić information content (AvgIpc) is 3.08. The van der Waals surface area contributed by atoms with Crippen LogP contribution in [-0.4, -0.2) is 29.8 Å². The van der Waals surface area contributed by atoms with Crippen molar-refractivity contribution in [1.82, 2.24) is 4.90 Å².